The van der Waals surface area contributed by atoms with E-state index in [0.29, 0.717) is 47.8 Å². The summed E-state index contributed by atoms with van der Waals surface area (Å²) in [6, 6.07) is 11.9. The molecule has 1 fully saturated rings. The maximum Gasteiger partial charge on any atom is 0.296 e. The molecule has 2 heterocycles. The quantitative estimate of drug-likeness (QED) is 0.175. The minimum atomic E-state index is -1.81. The molecular weight excluding hydrogens is 472 g/mol. The van der Waals surface area contributed by atoms with Crippen molar-refractivity contribution in [3.63, 3.8) is 0 Å². The number of hydrogen-bond acceptors (Lipinski definition) is 6. The summed E-state index contributed by atoms with van der Waals surface area (Å²) in [6.45, 7) is 10.1. The maximum atomic E-state index is 14.2. The third-order valence-electron chi connectivity index (χ3n) is 6.66. The molecule has 2 aromatic rings. The summed E-state index contributed by atoms with van der Waals surface area (Å²) in [5.74, 6) is -2.08. The number of carbonyl (C=O) groups excluding carboxylic acids is 3. The van der Waals surface area contributed by atoms with Gasteiger partial charge in [-0.3, -0.25) is 14.4 Å². The Balaban J connectivity index is 1.97. The lowest BCUT2D eigenvalue weighted by Crippen LogP contribution is -2.52. The van der Waals surface area contributed by atoms with E-state index >= 15 is 0 Å². The van der Waals surface area contributed by atoms with Crippen molar-refractivity contribution in [1.82, 2.24) is 4.90 Å². The number of ketones is 1. The summed E-state index contributed by atoms with van der Waals surface area (Å²) in [5, 5.41) is 11.6. The van der Waals surface area contributed by atoms with Crippen LogP contribution in [0.15, 0.2) is 73.3 Å². The molecule has 4 rings (SSSR count). The first-order valence-corrected chi connectivity index (χ1v) is 12.0. The molecule has 8 nitrogen and oxygen atoms in total. The van der Waals surface area contributed by atoms with Crippen LogP contribution in [0.4, 0.5) is 5.69 Å². The molecule has 2 aliphatic heterocycles. The largest absolute Gasteiger partial charge is 0.507 e. The van der Waals surface area contributed by atoms with Gasteiger partial charge in [0.05, 0.1) is 11.3 Å². The number of fused-ring (bicyclic) bond motifs is 2. The number of ether oxygens (including phenoxy) is 2. The monoisotopic (exact) mass is 502 g/mol. The normalized spacial score (nSPS) is 20.0. The number of benzene rings is 2. The van der Waals surface area contributed by atoms with Gasteiger partial charge in [0.25, 0.3) is 17.6 Å². The molecule has 2 aromatic carbocycles. The van der Waals surface area contributed by atoms with Gasteiger partial charge in [-0.15, -0.1) is 6.58 Å². The SMILES string of the molecule is C=CCOc1ccc(/C(O)=C2/C(=O)C(=O)N(CCCOC)C23C(=O)N(CC=C)c2ccccc23)cc1C. The first-order valence-electron chi connectivity index (χ1n) is 12.0. The summed E-state index contributed by atoms with van der Waals surface area (Å²) in [5.41, 5.74) is -0.0368. The number of aliphatic hydroxyl groups is 1. The van der Waals surface area contributed by atoms with Crippen molar-refractivity contribution in [2.45, 2.75) is 18.9 Å². The molecule has 1 N–H and O–H groups in total. The number of Topliss-reactive ketones (excluding diaryl/α,β-unsaturated/α-hetero) is 1. The maximum absolute atomic E-state index is 14.2. The van der Waals surface area contributed by atoms with Crippen LogP contribution in [0.2, 0.25) is 0 Å². The van der Waals surface area contributed by atoms with Crippen molar-refractivity contribution in [2.24, 2.45) is 0 Å². The van der Waals surface area contributed by atoms with Crippen LogP contribution in [0, 0.1) is 6.92 Å². The molecule has 2 aliphatic rings. The molecule has 2 amide bonds. The van der Waals surface area contributed by atoms with Crippen LogP contribution in [0.25, 0.3) is 5.76 Å². The van der Waals surface area contributed by atoms with Gasteiger partial charge in [0, 0.05) is 37.9 Å². The van der Waals surface area contributed by atoms with Crippen LogP contribution in [0.1, 0.15) is 23.1 Å². The van der Waals surface area contributed by atoms with Crippen molar-refractivity contribution in [2.75, 3.05) is 38.3 Å². The molecule has 0 radical (unpaired) electrons. The van der Waals surface area contributed by atoms with E-state index in [1.54, 1.807) is 61.5 Å². The second-order valence-electron chi connectivity index (χ2n) is 8.87. The van der Waals surface area contributed by atoms with Gasteiger partial charge in [-0.2, -0.15) is 0 Å². The molecule has 37 heavy (non-hydrogen) atoms. The van der Waals surface area contributed by atoms with Crippen LogP contribution < -0.4 is 9.64 Å². The first kappa shape index (κ1) is 25.9. The molecule has 1 atom stereocenters. The predicted octanol–water partition coefficient (Wildman–Crippen LogP) is 3.70. The van der Waals surface area contributed by atoms with Crippen molar-refractivity contribution in [1.29, 1.82) is 0 Å². The van der Waals surface area contributed by atoms with Crippen LogP contribution in [0.3, 0.4) is 0 Å². The fraction of sp³-hybridized carbons (Fsp3) is 0.276. The van der Waals surface area contributed by atoms with Gasteiger partial charge in [-0.25, -0.2) is 0 Å². The molecule has 0 aliphatic carbocycles. The number of rotatable bonds is 10. The third-order valence-corrected chi connectivity index (χ3v) is 6.66. The predicted molar refractivity (Wildman–Crippen MR) is 140 cm³/mol. The number of carbonyl (C=O) groups is 3. The highest BCUT2D eigenvalue weighted by molar-refractivity contribution is 6.50. The van der Waals surface area contributed by atoms with Gasteiger partial charge >= 0.3 is 0 Å². The number of nitrogens with zero attached hydrogens (tertiary/aromatic N) is 2. The number of aliphatic hydroxyl groups excluding tert-OH is 1. The zero-order chi connectivity index (χ0) is 26.7. The summed E-state index contributed by atoms with van der Waals surface area (Å²) in [6.07, 6.45) is 3.60. The lowest BCUT2D eigenvalue weighted by Gasteiger charge is -2.34. The van der Waals surface area contributed by atoms with E-state index < -0.39 is 28.9 Å². The lowest BCUT2D eigenvalue weighted by molar-refractivity contribution is -0.143. The fourth-order valence-electron chi connectivity index (χ4n) is 5.10. The number of anilines is 1. The standard InChI is InChI=1S/C29H30N2O6/c1-5-14-30-22-11-8-7-10-21(22)29(28(30)35)24(26(33)27(34)31(29)15-9-17-36-4)25(32)20-12-13-23(19(3)18-20)37-16-6-2/h5-8,10-13,18,32H,1-2,9,14-17H2,3-4H3/b25-24+. The molecule has 0 bridgehead atoms. The molecule has 0 aromatic heterocycles. The Morgan fingerprint density at radius 2 is 1.86 bits per heavy atom. The Kier molecular flexibility index (Phi) is 7.31. The highest BCUT2D eigenvalue weighted by Crippen LogP contribution is 2.53. The van der Waals surface area contributed by atoms with Gasteiger partial charge in [0.2, 0.25) is 0 Å². The summed E-state index contributed by atoms with van der Waals surface area (Å²) < 4.78 is 10.8. The average Bonchev–Trinajstić information content (AvgIpc) is 3.27. The van der Waals surface area contributed by atoms with Crippen LogP contribution in [-0.2, 0) is 24.7 Å². The van der Waals surface area contributed by atoms with Crippen molar-refractivity contribution in [3.8, 4) is 5.75 Å². The highest BCUT2D eigenvalue weighted by atomic mass is 16.5. The van der Waals surface area contributed by atoms with Crippen LogP contribution in [0.5, 0.6) is 5.75 Å². The summed E-state index contributed by atoms with van der Waals surface area (Å²) >= 11 is 0. The Morgan fingerprint density at radius 1 is 1.11 bits per heavy atom. The molecule has 1 unspecified atom stereocenters. The molecule has 8 heteroatoms. The molecule has 0 saturated carbocycles. The molecule has 192 valence electrons. The van der Waals surface area contributed by atoms with E-state index in [9.17, 15) is 19.5 Å². The Bertz CT molecular complexity index is 1310. The fourth-order valence-corrected chi connectivity index (χ4v) is 5.10. The number of para-hydroxylation sites is 1. The number of likely N-dealkylation sites (tertiary alicyclic amines) is 1. The molecule has 1 saturated heterocycles. The summed E-state index contributed by atoms with van der Waals surface area (Å²) in [4.78, 5) is 44.0. The van der Waals surface area contributed by atoms with Gasteiger partial charge in [0.1, 0.15) is 18.1 Å². The molecule has 1 spiro atoms. The van der Waals surface area contributed by atoms with Gasteiger partial charge in [-0.1, -0.05) is 36.9 Å². The van der Waals surface area contributed by atoms with Gasteiger partial charge in [0.15, 0.2) is 5.54 Å². The zero-order valence-electron chi connectivity index (χ0n) is 21.0. The van der Waals surface area contributed by atoms with Crippen molar-refractivity contribution >= 4 is 29.0 Å². The van der Waals surface area contributed by atoms with Crippen molar-refractivity contribution < 1.29 is 29.0 Å². The Labute approximate surface area is 216 Å². The second-order valence-corrected chi connectivity index (χ2v) is 8.87. The van der Waals surface area contributed by atoms with Crippen LogP contribution >= 0.6 is 0 Å². The van der Waals surface area contributed by atoms with E-state index in [1.165, 1.54) is 16.9 Å². The van der Waals surface area contributed by atoms with E-state index in [2.05, 4.69) is 13.2 Å². The lowest BCUT2D eigenvalue weighted by atomic mass is 9.81. The first-order chi connectivity index (χ1) is 17.8. The third kappa shape index (κ3) is 4.03. The Morgan fingerprint density at radius 3 is 2.54 bits per heavy atom. The van der Waals surface area contributed by atoms with Crippen molar-refractivity contribution in [3.05, 3.63) is 90.0 Å². The Hall–Kier alpha value is -4.17. The van der Waals surface area contributed by atoms with E-state index in [1.807, 2.05) is 0 Å². The topological polar surface area (TPSA) is 96.4 Å². The summed E-state index contributed by atoms with van der Waals surface area (Å²) in [7, 11) is 1.54. The van der Waals surface area contributed by atoms with E-state index in [-0.39, 0.29) is 18.7 Å². The number of methoxy groups -OCH3 is 1. The molecular formula is C29H30N2O6. The van der Waals surface area contributed by atoms with Gasteiger partial charge < -0.3 is 24.4 Å². The van der Waals surface area contributed by atoms with Gasteiger partial charge in [-0.05, 0) is 43.2 Å². The van der Waals surface area contributed by atoms with Crippen LogP contribution in [-0.4, -0.2) is 61.0 Å². The van der Waals surface area contributed by atoms with E-state index in [4.69, 9.17) is 9.47 Å². The average molecular weight is 503 g/mol. The second kappa shape index (κ2) is 10.4. The van der Waals surface area contributed by atoms with E-state index in [0.717, 1.165) is 0 Å². The minimum absolute atomic E-state index is 0.0879. The minimum Gasteiger partial charge on any atom is -0.507 e. The number of aryl methyl sites for hydroxylation is 1. The number of amides is 2. The smallest absolute Gasteiger partial charge is 0.296 e. The zero-order valence-corrected chi connectivity index (χ0v) is 21.0. The highest BCUT2D eigenvalue weighted by Gasteiger charge is 2.66. The number of hydrogen-bond donors (Lipinski definition) is 1.